The Morgan fingerprint density at radius 1 is 1.26 bits per heavy atom. The summed E-state index contributed by atoms with van der Waals surface area (Å²) in [5.74, 6) is 0.217. The van der Waals surface area contributed by atoms with Gasteiger partial charge in [0.1, 0.15) is 9.90 Å². The van der Waals surface area contributed by atoms with Crippen LogP contribution in [0.3, 0.4) is 0 Å². The van der Waals surface area contributed by atoms with E-state index in [-0.39, 0.29) is 16.5 Å². The molecule has 1 heterocycles. The SMILES string of the molecule is CCCS(=O)(=O)c1c(N)nsc1N(C)CCN(C)C. The van der Waals surface area contributed by atoms with Crippen molar-refractivity contribution in [3.8, 4) is 0 Å². The third-order valence-electron chi connectivity index (χ3n) is 2.67. The van der Waals surface area contributed by atoms with Gasteiger partial charge >= 0.3 is 0 Å². The quantitative estimate of drug-likeness (QED) is 0.806. The zero-order valence-corrected chi connectivity index (χ0v) is 13.5. The Balaban J connectivity index is 3.04. The molecular formula is C11H22N4O2S2. The molecule has 0 aliphatic heterocycles. The van der Waals surface area contributed by atoms with Crippen LogP contribution < -0.4 is 10.6 Å². The smallest absolute Gasteiger partial charge is 0.185 e. The summed E-state index contributed by atoms with van der Waals surface area (Å²) in [7, 11) is 2.47. The second kappa shape index (κ2) is 6.53. The van der Waals surface area contributed by atoms with Gasteiger partial charge in [-0.05, 0) is 32.0 Å². The van der Waals surface area contributed by atoms with E-state index in [1.54, 1.807) is 0 Å². The van der Waals surface area contributed by atoms with Crippen molar-refractivity contribution in [1.82, 2.24) is 9.27 Å². The normalized spacial score (nSPS) is 12.1. The third-order valence-corrected chi connectivity index (χ3v) is 5.75. The molecule has 6 nitrogen and oxygen atoms in total. The fourth-order valence-electron chi connectivity index (χ4n) is 1.64. The summed E-state index contributed by atoms with van der Waals surface area (Å²) in [4.78, 5) is 4.14. The van der Waals surface area contributed by atoms with Gasteiger partial charge in [-0.1, -0.05) is 6.92 Å². The number of hydrogen-bond donors (Lipinski definition) is 1. The lowest BCUT2D eigenvalue weighted by Gasteiger charge is -2.20. The number of rotatable bonds is 7. The summed E-state index contributed by atoms with van der Waals surface area (Å²) < 4.78 is 28.5. The first-order valence-corrected chi connectivity index (χ1v) is 8.56. The van der Waals surface area contributed by atoms with Crippen molar-refractivity contribution in [3.05, 3.63) is 0 Å². The highest BCUT2D eigenvalue weighted by atomic mass is 32.2. The van der Waals surface area contributed by atoms with E-state index in [1.165, 1.54) is 0 Å². The van der Waals surface area contributed by atoms with Gasteiger partial charge in [0.05, 0.1) is 5.75 Å². The number of nitrogens with zero attached hydrogens (tertiary/aromatic N) is 3. The largest absolute Gasteiger partial charge is 0.382 e. The van der Waals surface area contributed by atoms with E-state index >= 15 is 0 Å². The fraction of sp³-hybridized carbons (Fsp3) is 0.727. The summed E-state index contributed by atoms with van der Waals surface area (Å²) in [6.45, 7) is 3.40. The Morgan fingerprint density at radius 2 is 1.89 bits per heavy atom. The molecule has 0 radical (unpaired) electrons. The molecule has 0 aliphatic rings. The molecule has 8 heteroatoms. The molecule has 0 bridgehead atoms. The van der Waals surface area contributed by atoms with Crippen molar-refractivity contribution in [3.63, 3.8) is 0 Å². The van der Waals surface area contributed by atoms with Gasteiger partial charge < -0.3 is 15.5 Å². The second-order valence-electron chi connectivity index (χ2n) is 4.75. The number of nitrogen functional groups attached to an aromatic ring is 1. The fourth-order valence-corrected chi connectivity index (χ4v) is 4.42. The minimum Gasteiger partial charge on any atom is -0.382 e. The topological polar surface area (TPSA) is 79.5 Å². The summed E-state index contributed by atoms with van der Waals surface area (Å²) in [5.41, 5.74) is 5.73. The molecule has 0 fully saturated rings. The van der Waals surface area contributed by atoms with Gasteiger partial charge in [-0.15, -0.1) is 0 Å². The molecule has 19 heavy (non-hydrogen) atoms. The molecule has 0 saturated heterocycles. The predicted octanol–water partition coefficient (Wildman–Crippen LogP) is 0.907. The minimum atomic E-state index is -3.34. The maximum absolute atomic E-state index is 12.2. The molecular weight excluding hydrogens is 284 g/mol. The van der Waals surface area contributed by atoms with Crippen molar-refractivity contribution >= 4 is 32.2 Å². The van der Waals surface area contributed by atoms with E-state index in [9.17, 15) is 8.42 Å². The minimum absolute atomic E-state index is 0.101. The standard InChI is InChI=1S/C11H22N4O2S2/c1-5-8-19(16,17)9-10(12)13-18-11(9)15(4)7-6-14(2)3/h5-8H2,1-4H3,(H2,12,13). The van der Waals surface area contributed by atoms with Crippen LogP contribution in [0.1, 0.15) is 13.3 Å². The van der Waals surface area contributed by atoms with Crippen molar-refractivity contribution in [2.24, 2.45) is 0 Å². The maximum Gasteiger partial charge on any atom is 0.185 e. The zero-order valence-electron chi connectivity index (χ0n) is 11.9. The first-order chi connectivity index (χ1) is 8.79. The number of anilines is 2. The lowest BCUT2D eigenvalue weighted by molar-refractivity contribution is 0.416. The highest BCUT2D eigenvalue weighted by Crippen LogP contribution is 2.34. The van der Waals surface area contributed by atoms with Crippen molar-refractivity contribution < 1.29 is 8.42 Å². The van der Waals surface area contributed by atoms with E-state index in [2.05, 4.69) is 4.37 Å². The Hall–Kier alpha value is -0.860. The highest BCUT2D eigenvalue weighted by Gasteiger charge is 2.26. The Bertz CT molecular complexity index is 511. The molecule has 110 valence electrons. The summed E-state index contributed by atoms with van der Waals surface area (Å²) in [6, 6.07) is 0. The first kappa shape index (κ1) is 16.2. The molecule has 2 N–H and O–H groups in total. The van der Waals surface area contributed by atoms with Crippen molar-refractivity contribution in [2.45, 2.75) is 18.2 Å². The van der Waals surface area contributed by atoms with Gasteiger partial charge in [-0.3, -0.25) is 0 Å². The maximum atomic E-state index is 12.2. The average molecular weight is 306 g/mol. The van der Waals surface area contributed by atoms with Crippen LogP contribution in [0.25, 0.3) is 0 Å². The van der Waals surface area contributed by atoms with Crippen LogP contribution in [0.5, 0.6) is 0 Å². The van der Waals surface area contributed by atoms with E-state index in [0.717, 1.165) is 24.6 Å². The highest BCUT2D eigenvalue weighted by molar-refractivity contribution is 7.91. The van der Waals surface area contributed by atoms with E-state index in [0.29, 0.717) is 11.4 Å². The Kier molecular flexibility index (Phi) is 5.57. The van der Waals surface area contributed by atoms with Crippen LogP contribution in [0.4, 0.5) is 10.8 Å². The molecule has 0 unspecified atom stereocenters. The van der Waals surface area contributed by atoms with Gasteiger partial charge in [-0.2, -0.15) is 4.37 Å². The van der Waals surface area contributed by atoms with Crippen LogP contribution in [0.2, 0.25) is 0 Å². The molecule has 0 aliphatic carbocycles. The molecule has 0 saturated carbocycles. The molecule has 1 aromatic heterocycles. The molecule has 0 spiro atoms. The average Bonchev–Trinajstić information content (AvgIpc) is 2.68. The predicted molar refractivity (Wildman–Crippen MR) is 80.7 cm³/mol. The molecule has 0 atom stereocenters. The number of likely N-dealkylation sites (N-methyl/N-ethyl adjacent to an activating group) is 2. The molecule has 1 rings (SSSR count). The van der Waals surface area contributed by atoms with Gasteiger partial charge in [0.2, 0.25) is 0 Å². The molecule has 1 aromatic rings. The summed E-state index contributed by atoms with van der Waals surface area (Å²) >= 11 is 1.14. The lowest BCUT2D eigenvalue weighted by atomic mass is 10.5. The molecule has 0 aromatic carbocycles. The molecule has 0 amide bonds. The lowest BCUT2D eigenvalue weighted by Crippen LogP contribution is -2.29. The third kappa shape index (κ3) is 4.05. The van der Waals surface area contributed by atoms with Crippen LogP contribution in [-0.2, 0) is 9.84 Å². The Morgan fingerprint density at radius 3 is 2.42 bits per heavy atom. The second-order valence-corrected chi connectivity index (χ2v) is 7.54. The van der Waals surface area contributed by atoms with Crippen molar-refractivity contribution in [1.29, 1.82) is 0 Å². The Labute approximate surface area is 119 Å². The van der Waals surface area contributed by atoms with Crippen LogP contribution in [0, 0.1) is 0 Å². The van der Waals surface area contributed by atoms with Gasteiger partial charge in [0.15, 0.2) is 15.7 Å². The van der Waals surface area contributed by atoms with Gasteiger partial charge in [0, 0.05) is 20.1 Å². The van der Waals surface area contributed by atoms with Gasteiger partial charge in [-0.25, -0.2) is 8.42 Å². The summed E-state index contributed by atoms with van der Waals surface area (Å²) in [6.07, 6.45) is 0.568. The monoisotopic (exact) mass is 306 g/mol. The van der Waals surface area contributed by atoms with Crippen LogP contribution in [0.15, 0.2) is 4.90 Å². The van der Waals surface area contributed by atoms with E-state index in [1.807, 2.05) is 37.9 Å². The van der Waals surface area contributed by atoms with Crippen molar-refractivity contribution in [2.75, 3.05) is 50.6 Å². The van der Waals surface area contributed by atoms with E-state index < -0.39 is 9.84 Å². The first-order valence-electron chi connectivity index (χ1n) is 6.13. The van der Waals surface area contributed by atoms with Crippen LogP contribution >= 0.6 is 11.5 Å². The van der Waals surface area contributed by atoms with E-state index in [4.69, 9.17) is 5.73 Å². The van der Waals surface area contributed by atoms with Crippen LogP contribution in [-0.4, -0.2) is 57.7 Å². The number of aromatic nitrogens is 1. The zero-order chi connectivity index (χ0) is 14.6. The van der Waals surface area contributed by atoms with Gasteiger partial charge in [0.25, 0.3) is 0 Å². The number of nitrogens with two attached hydrogens (primary N) is 1. The number of hydrogen-bond acceptors (Lipinski definition) is 7. The summed E-state index contributed by atoms with van der Waals surface area (Å²) in [5, 5.41) is 0.632. The number of sulfone groups is 1.